The van der Waals surface area contributed by atoms with Crippen molar-refractivity contribution >= 4 is 0 Å². The third-order valence-electron chi connectivity index (χ3n) is 6.55. The molecule has 0 aromatic carbocycles. The lowest BCUT2D eigenvalue weighted by molar-refractivity contribution is 0.0551. The zero-order valence-electron chi connectivity index (χ0n) is 15.8. The molecule has 23 heavy (non-hydrogen) atoms. The molecule has 2 saturated carbocycles. The van der Waals surface area contributed by atoms with E-state index in [4.69, 9.17) is 4.74 Å². The molecule has 2 aliphatic rings. The molecular weight excluding hydrogens is 280 g/mol. The number of ether oxygens (including phenoxy) is 1. The molecule has 0 saturated heterocycles. The average Bonchev–Trinajstić information content (AvgIpc) is 2.61. The second-order valence-electron chi connectivity index (χ2n) is 8.20. The van der Waals surface area contributed by atoms with Crippen molar-refractivity contribution in [2.45, 2.75) is 103 Å². The maximum Gasteiger partial charge on any atom is 0.0571 e. The smallest absolute Gasteiger partial charge is 0.0571 e. The molecule has 134 valence electrons. The Kier molecular flexibility index (Phi) is 9.34. The van der Waals surface area contributed by atoms with Gasteiger partial charge in [0.15, 0.2) is 0 Å². The Morgan fingerprint density at radius 3 is 1.70 bits per heavy atom. The number of rotatable bonds is 9. The second-order valence-corrected chi connectivity index (χ2v) is 8.20. The summed E-state index contributed by atoms with van der Waals surface area (Å²) in [6.45, 7) is 2.14. The lowest BCUT2D eigenvalue weighted by Gasteiger charge is -2.29. The molecule has 0 unspecified atom stereocenters. The van der Waals surface area contributed by atoms with E-state index in [-0.39, 0.29) is 0 Å². The fourth-order valence-corrected chi connectivity index (χ4v) is 4.83. The Labute approximate surface area is 145 Å². The molecule has 0 atom stereocenters. The summed E-state index contributed by atoms with van der Waals surface area (Å²) in [6.07, 6.45) is 25.3. The standard InChI is InChI=1S/C22H40O/c1-3-4-5-8-19-11-13-20(14-12-19)9-6-7-10-21-15-17-22(23-2)18-16-21/h3-4,19-22H,5-18H2,1-2H3. The van der Waals surface area contributed by atoms with Crippen LogP contribution in [0.4, 0.5) is 0 Å². The monoisotopic (exact) mass is 320 g/mol. The first kappa shape index (κ1) is 19.0. The summed E-state index contributed by atoms with van der Waals surface area (Å²) < 4.78 is 5.48. The molecule has 0 bridgehead atoms. The van der Waals surface area contributed by atoms with Crippen molar-refractivity contribution in [2.24, 2.45) is 17.8 Å². The zero-order chi connectivity index (χ0) is 16.3. The molecule has 0 amide bonds. The predicted molar refractivity (Wildman–Crippen MR) is 101 cm³/mol. The van der Waals surface area contributed by atoms with Crippen molar-refractivity contribution in [3.8, 4) is 0 Å². The molecule has 0 spiro atoms. The summed E-state index contributed by atoms with van der Waals surface area (Å²) in [7, 11) is 1.88. The van der Waals surface area contributed by atoms with Gasteiger partial charge in [0, 0.05) is 7.11 Å². The van der Waals surface area contributed by atoms with Crippen LogP contribution >= 0.6 is 0 Å². The van der Waals surface area contributed by atoms with Crippen LogP contribution in [0.1, 0.15) is 96.8 Å². The van der Waals surface area contributed by atoms with Crippen molar-refractivity contribution in [2.75, 3.05) is 7.11 Å². The van der Waals surface area contributed by atoms with Gasteiger partial charge in [-0.15, -0.1) is 0 Å². The van der Waals surface area contributed by atoms with Crippen LogP contribution in [0.2, 0.25) is 0 Å². The zero-order valence-corrected chi connectivity index (χ0v) is 15.8. The molecular formula is C22H40O. The lowest BCUT2D eigenvalue weighted by atomic mass is 9.77. The van der Waals surface area contributed by atoms with E-state index < -0.39 is 0 Å². The molecule has 0 heterocycles. The van der Waals surface area contributed by atoms with E-state index in [1.165, 1.54) is 89.9 Å². The Bertz CT molecular complexity index is 306. The fourth-order valence-electron chi connectivity index (χ4n) is 4.83. The molecule has 2 fully saturated rings. The molecule has 0 aromatic heterocycles. The maximum atomic E-state index is 5.48. The van der Waals surface area contributed by atoms with Crippen LogP contribution in [-0.4, -0.2) is 13.2 Å². The normalized spacial score (nSPS) is 32.4. The van der Waals surface area contributed by atoms with Gasteiger partial charge in [-0.3, -0.25) is 0 Å². The van der Waals surface area contributed by atoms with Gasteiger partial charge >= 0.3 is 0 Å². The van der Waals surface area contributed by atoms with Gasteiger partial charge < -0.3 is 4.74 Å². The minimum atomic E-state index is 0.564. The van der Waals surface area contributed by atoms with Crippen LogP contribution in [0.15, 0.2) is 12.2 Å². The first-order chi connectivity index (χ1) is 11.3. The average molecular weight is 321 g/mol. The number of hydrogen-bond donors (Lipinski definition) is 0. The molecule has 0 radical (unpaired) electrons. The molecule has 1 heteroatoms. The van der Waals surface area contributed by atoms with E-state index in [1.54, 1.807) is 0 Å². The van der Waals surface area contributed by atoms with Gasteiger partial charge in [-0.1, -0.05) is 63.5 Å². The minimum absolute atomic E-state index is 0.564. The summed E-state index contributed by atoms with van der Waals surface area (Å²) >= 11 is 0. The molecule has 1 nitrogen and oxygen atoms in total. The summed E-state index contributed by atoms with van der Waals surface area (Å²) in [5.41, 5.74) is 0. The number of methoxy groups -OCH3 is 1. The molecule has 0 N–H and O–H groups in total. The molecule has 2 rings (SSSR count). The third-order valence-corrected chi connectivity index (χ3v) is 6.55. The molecule has 0 aromatic rings. The fraction of sp³-hybridized carbons (Fsp3) is 0.909. The Hall–Kier alpha value is -0.300. The Balaban J connectivity index is 1.46. The van der Waals surface area contributed by atoms with E-state index in [9.17, 15) is 0 Å². The van der Waals surface area contributed by atoms with Crippen molar-refractivity contribution in [3.05, 3.63) is 12.2 Å². The van der Waals surface area contributed by atoms with E-state index in [2.05, 4.69) is 19.1 Å². The van der Waals surface area contributed by atoms with Crippen LogP contribution in [-0.2, 0) is 4.74 Å². The van der Waals surface area contributed by atoms with Crippen LogP contribution in [0, 0.1) is 17.8 Å². The van der Waals surface area contributed by atoms with E-state index in [0.717, 1.165) is 17.8 Å². The summed E-state index contributed by atoms with van der Waals surface area (Å²) in [5, 5.41) is 0. The highest BCUT2D eigenvalue weighted by atomic mass is 16.5. The molecule has 2 aliphatic carbocycles. The highest BCUT2D eigenvalue weighted by Gasteiger charge is 2.22. The number of hydrogen-bond acceptors (Lipinski definition) is 1. The maximum absolute atomic E-state index is 5.48. The number of unbranched alkanes of at least 4 members (excludes halogenated alkanes) is 1. The van der Waals surface area contributed by atoms with Gasteiger partial charge in [-0.25, -0.2) is 0 Å². The van der Waals surface area contributed by atoms with Crippen molar-refractivity contribution in [1.29, 1.82) is 0 Å². The van der Waals surface area contributed by atoms with Gasteiger partial charge in [0.25, 0.3) is 0 Å². The number of allylic oxidation sites excluding steroid dienone is 2. The summed E-state index contributed by atoms with van der Waals surface area (Å²) in [6, 6.07) is 0. The largest absolute Gasteiger partial charge is 0.381 e. The van der Waals surface area contributed by atoms with Gasteiger partial charge in [0.1, 0.15) is 0 Å². The van der Waals surface area contributed by atoms with Crippen LogP contribution in [0.5, 0.6) is 0 Å². The van der Waals surface area contributed by atoms with Crippen LogP contribution in [0.3, 0.4) is 0 Å². The third kappa shape index (κ3) is 7.42. The summed E-state index contributed by atoms with van der Waals surface area (Å²) in [5.74, 6) is 3.08. The van der Waals surface area contributed by atoms with E-state index in [0.29, 0.717) is 6.10 Å². The second kappa shape index (κ2) is 11.3. The van der Waals surface area contributed by atoms with Gasteiger partial charge in [0.05, 0.1) is 6.10 Å². The lowest BCUT2D eigenvalue weighted by Crippen LogP contribution is -2.20. The van der Waals surface area contributed by atoms with E-state index >= 15 is 0 Å². The predicted octanol–water partition coefficient (Wildman–Crippen LogP) is 6.91. The quantitative estimate of drug-likeness (QED) is 0.331. The van der Waals surface area contributed by atoms with Crippen molar-refractivity contribution in [1.82, 2.24) is 0 Å². The first-order valence-corrected chi connectivity index (χ1v) is 10.5. The minimum Gasteiger partial charge on any atom is -0.381 e. The van der Waals surface area contributed by atoms with Gasteiger partial charge in [-0.2, -0.15) is 0 Å². The van der Waals surface area contributed by atoms with Crippen LogP contribution < -0.4 is 0 Å². The Morgan fingerprint density at radius 2 is 1.22 bits per heavy atom. The van der Waals surface area contributed by atoms with E-state index in [1.807, 2.05) is 7.11 Å². The highest BCUT2D eigenvalue weighted by Crippen LogP contribution is 2.35. The summed E-state index contributed by atoms with van der Waals surface area (Å²) in [4.78, 5) is 0. The SMILES string of the molecule is CC=CCCC1CCC(CCCCC2CCC(OC)CC2)CC1. The first-order valence-electron chi connectivity index (χ1n) is 10.5. The topological polar surface area (TPSA) is 9.23 Å². The van der Waals surface area contributed by atoms with Gasteiger partial charge in [0.2, 0.25) is 0 Å². The van der Waals surface area contributed by atoms with Crippen molar-refractivity contribution in [3.63, 3.8) is 0 Å². The molecule has 0 aliphatic heterocycles. The van der Waals surface area contributed by atoms with Crippen LogP contribution in [0.25, 0.3) is 0 Å². The van der Waals surface area contributed by atoms with Gasteiger partial charge in [-0.05, 0) is 63.2 Å². The highest BCUT2D eigenvalue weighted by molar-refractivity contribution is 4.80. The Morgan fingerprint density at radius 1 is 0.739 bits per heavy atom. The van der Waals surface area contributed by atoms with Crippen molar-refractivity contribution < 1.29 is 4.74 Å².